The molecular weight excluding hydrogens is 416 g/mol. The smallest absolute Gasteiger partial charge is 0.261 e. The Morgan fingerprint density at radius 1 is 0.879 bits per heavy atom. The van der Waals surface area contributed by atoms with Gasteiger partial charge in [0.05, 0.1) is 30.3 Å². The zero-order valence-electron chi connectivity index (χ0n) is 18.9. The zero-order chi connectivity index (χ0) is 23.5. The van der Waals surface area contributed by atoms with Crippen LogP contribution in [0.4, 0.5) is 0 Å². The summed E-state index contributed by atoms with van der Waals surface area (Å²) < 4.78 is 5.47. The van der Waals surface area contributed by atoms with Gasteiger partial charge in [-0.3, -0.25) is 19.3 Å². The molecule has 4 rings (SSSR count). The second-order valence-corrected chi connectivity index (χ2v) is 8.29. The van der Waals surface area contributed by atoms with Crippen molar-refractivity contribution < 1.29 is 19.1 Å². The molecule has 3 amide bonds. The number of nitrogens with zero attached hydrogens (tertiary/aromatic N) is 2. The number of benzene rings is 3. The second-order valence-electron chi connectivity index (χ2n) is 8.29. The van der Waals surface area contributed by atoms with E-state index in [4.69, 9.17) is 4.74 Å². The van der Waals surface area contributed by atoms with Crippen LogP contribution in [-0.2, 0) is 13.1 Å². The van der Waals surface area contributed by atoms with Crippen molar-refractivity contribution >= 4 is 17.7 Å². The molecule has 0 fully saturated rings. The lowest BCUT2D eigenvalue weighted by atomic mass is 10.1. The minimum atomic E-state index is -0.327. The van der Waals surface area contributed by atoms with E-state index in [1.165, 1.54) is 12.0 Å². The van der Waals surface area contributed by atoms with Crippen LogP contribution in [0, 0.1) is 0 Å². The molecule has 0 radical (unpaired) electrons. The zero-order valence-corrected chi connectivity index (χ0v) is 18.9. The van der Waals surface area contributed by atoms with Gasteiger partial charge in [-0.05, 0) is 49.2 Å². The highest BCUT2D eigenvalue weighted by molar-refractivity contribution is 6.21. The van der Waals surface area contributed by atoms with Crippen LogP contribution in [0.1, 0.15) is 56.0 Å². The highest BCUT2D eigenvalue weighted by atomic mass is 16.5. The molecule has 0 unspecified atom stereocenters. The Balaban J connectivity index is 1.62. The second kappa shape index (κ2) is 9.28. The van der Waals surface area contributed by atoms with Crippen LogP contribution in [0.3, 0.4) is 0 Å². The monoisotopic (exact) mass is 442 g/mol. The predicted octanol–water partition coefficient (Wildman–Crippen LogP) is 4.54. The molecule has 1 aliphatic rings. The molecule has 6 heteroatoms. The van der Waals surface area contributed by atoms with E-state index in [0.29, 0.717) is 34.5 Å². The maximum Gasteiger partial charge on any atom is 0.261 e. The molecule has 0 aromatic heterocycles. The van der Waals surface area contributed by atoms with Gasteiger partial charge in [0.15, 0.2) is 0 Å². The van der Waals surface area contributed by atoms with Crippen molar-refractivity contribution in [1.29, 1.82) is 0 Å². The summed E-state index contributed by atoms with van der Waals surface area (Å²) in [6, 6.07) is 21.8. The van der Waals surface area contributed by atoms with Crippen LogP contribution in [0.5, 0.6) is 5.75 Å². The summed E-state index contributed by atoms with van der Waals surface area (Å²) in [6.45, 7) is 4.48. The summed E-state index contributed by atoms with van der Waals surface area (Å²) in [4.78, 5) is 42.1. The molecule has 168 valence electrons. The minimum absolute atomic E-state index is 0.0395. The van der Waals surface area contributed by atoms with Crippen LogP contribution in [-0.4, -0.2) is 40.7 Å². The lowest BCUT2D eigenvalue weighted by Crippen LogP contribution is -2.36. The molecule has 3 aromatic rings. The maximum absolute atomic E-state index is 13.6. The normalized spacial score (nSPS) is 12.8. The molecule has 0 saturated carbocycles. The van der Waals surface area contributed by atoms with E-state index < -0.39 is 0 Å². The molecule has 0 atom stereocenters. The number of rotatable bonds is 7. The lowest BCUT2D eigenvalue weighted by Gasteiger charge is -2.28. The van der Waals surface area contributed by atoms with Crippen molar-refractivity contribution in [3.05, 3.63) is 101 Å². The fraction of sp³-hybridized carbons (Fsp3) is 0.222. The van der Waals surface area contributed by atoms with Crippen molar-refractivity contribution in [3.63, 3.8) is 0 Å². The summed E-state index contributed by atoms with van der Waals surface area (Å²) in [5.41, 5.74) is 2.91. The Hall–Kier alpha value is -3.93. The Morgan fingerprint density at radius 3 is 2.06 bits per heavy atom. The third kappa shape index (κ3) is 4.37. The summed E-state index contributed by atoms with van der Waals surface area (Å²) >= 11 is 0. The Morgan fingerprint density at radius 2 is 1.48 bits per heavy atom. The van der Waals surface area contributed by atoms with Gasteiger partial charge in [-0.25, -0.2) is 0 Å². The van der Waals surface area contributed by atoms with Crippen molar-refractivity contribution in [2.24, 2.45) is 0 Å². The summed E-state index contributed by atoms with van der Waals surface area (Å²) in [6.07, 6.45) is 0. The van der Waals surface area contributed by atoms with E-state index in [-0.39, 0.29) is 30.3 Å². The molecule has 0 bridgehead atoms. The summed E-state index contributed by atoms with van der Waals surface area (Å²) in [7, 11) is 1.52. The van der Waals surface area contributed by atoms with E-state index in [0.717, 1.165) is 5.56 Å². The molecule has 0 N–H and O–H groups in total. The summed E-state index contributed by atoms with van der Waals surface area (Å²) in [5, 5.41) is 0. The number of hydrogen-bond donors (Lipinski definition) is 0. The topological polar surface area (TPSA) is 66.9 Å². The SMILES string of the molecule is COc1ccc(CN2C(=O)c3ccccc3C2=O)cc1C(=O)N(Cc1ccccc1)C(C)C. The molecule has 3 aromatic carbocycles. The molecule has 1 heterocycles. The first-order valence-electron chi connectivity index (χ1n) is 10.9. The van der Waals surface area contributed by atoms with E-state index in [2.05, 4.69) is 0 Å². The maximum atomic E-state index is 13.6. The van der Waals surface area contributed by atoms with Crippen molar-refractivity contribution in [1.82, 2.24) is 9.80 Å². The number of fused-ring (bicyclic) bond motifs is 1. The van der Waals surface area contributed by atoms with Gasteiger partial charge < -0.3 is 9.64 Å². The highest BCUT2D eigenvalue weighted by Crippen LogP contribution is 2.28. The number of hydrogen-bond acceptors (Lipinski definition) is 4. The average Bonchev–Trinajstić information content (AvgIpc) is 3.07. The van der Waals surface area contributed by atoms with Gasteiger partial charge in [-0.15, -0.1) is 0 Å². The first-order valence-corrected chi connectivity index (χ1v) is 10.9. The Bertz CT molecular complexity index is 1170. The molecule has 0 saturated heterocycles. The predicted molar refractivity (Wildman–Crippen MR) is 125 cm³/mol. The molecular formula is C27H26N2O4. The Kier molecular flexibility index (Phi) is 6.27. The number of amides is 3. The number of carbonyl (C=O) groups is 3. The molecule has 33 heavy (non-hydrogen) atoms. The number of carbonyl (C=O) groups excluding carboxylic acids is 3. The van der Waals surface area contributed by atoms with E-state index in [1.807, 2.05) is 44.2 Å². The standard InChI is InChI=1S/C27H26N2O4/c1-18(2)28(16-19-9-5-4-6-10-19)27(32)23-15-20(13-14-24(23)33-3)17-29-25(30)21-11-7-8-12-22(21)26(29)31/h4-15,18H,16-17H2,1-3H3. The molecule has 1 aliphatic heterocycles. The van der Waals surface area contributed by atoms with Gasteiger partial charge in [0.1, 0.15) is 5.75 Å². The van der Waals surface area contributed by atoms with Crippen LogP contribution >= 0.6 is 0 Å². The van der Waals surface area contributed by atoms with E-state index in [1.54, 1.807) is 47.4 Å². The quantitative estimate of drug-likeness (QED) is 0.504. The van der Waals surface area contributed by atoms with Gasteiger partial charge in [0, 0.05) is 12.6 Å². The van der Waals surface area contributed by atoms with Crippen LogP contribution in [0.15, 0.2) is 72.8 Å². The fourth-order valence-corrected chi connectivity index (χ4v) is 4.01. The lowest BCUT2D eigenvalue weighted by molar-refractivity contribution is 0.0641. The number of ether oxygens (including phenoxy) is 1. The largest absolute Gasteiger partial charge is 0.496 e. The van der Waals surface area contributed by atoms with Gasteiger partial charge in [0.25, 0.3) is 17.7 Å². The Labute approximate surface area is 193 Å². The number of imide groups is 1. The summed E-state index contributed by atoms with van der Waals surface area (Å²) in [5.74, 6) is -0.376. The van der Waals surface area contributed by atoms with Crippen LogP contribution in [0.25, 0.3) is 0 Å². The van der Waals surface area contributed by atoms with Crippen molar-refractivity contribution in [2.45, 2.75) is 33.0 Å². The van der Waals surface area contributed by atoms with Gasteiger partial charge in [-0.1, -0.05) is 48.5 Å². The van der Waals surface area contributed by atoms with Gasteiger partial charge in [-0.2, -0.15) is 0 Å². The molecule has 0 aliphatic carbocycles. The van der Waals surface area contributed by atoms with E-state index in [9.17, 15) is 14.4 Å². The van der Waals surface area contributed by atoms with Crippen LogP contribution in [0.2, 0.25) is 0 Å². The molecule has 0 spiro atoms. The average molecular weight is 443 g/mol. The van der Waals surface area contributed by atoms with E-state index >= 15 is 0 Å². The third-order valence-corrected chi connectivity index (χ3v) is 5.79. The molecule has 6 nitrogen and oxygen atoms in total. The fourth-order valence-electron chi connectivity index (χ4n) is 4.01. The van der Waals surface area contributed by atoms with Gasteiger partial charge >= 0.3 is 0 Å². The van der Waals surface area contributed by atoms with Crippen LogP contribution < -0.4 is 4.74 Å². The minimum Gasteiger partial charge on any atom is -0.496 e. The highest BCUT2D eigenvalue weighted by Gasteiger charge is 2.35. The third-order valence-electron chi connectivity index (χ3n) is 5.79. The first-order chi connectivity index (χ1) is 15.9. The van der Waals surface area contributed by atoms with Gasteiger partial charge in [0.2, 0.25) is 0 Å². The van der Waals surface area contributed by atoms with Crippen molar-refractivity contribution in [3.8, 4) is 5.75 Å². The van der Waals surface area contributed by atoms with Crippen molar-refractivity contribution in [2.75, 3.05) is 7.11 Å². The number of methoxy groups -OCH3 is 1. The first kappa shape index (κ1) is 22.3.